The summed E-state index contributed by atoms with van der Waals surface area (Å²) in [6, 6.07) is 10.3. The minimum absolute atomic E-state index is 0.0309. The number of hydrogen-bond donors (Lipinski definition) is 0. The van der Waals surface area contributed by atoms with E-state index < -0.39 is 0 Å². The fourth-order valence-electron chi connectivity index (χ4n) is 4.24. The Morgan fingerprint density at radius 1 is 1.36 bits per heavy atom. The first-order valence-electron chi connectivity index (χ1n) is 7.59. The Hall–Kier alpha value is -2.29. The van der Waals surface area contributed by atoms with Crippen LogP contribution in [-0.4, -0.2) is 6.10 Å². The Kier molecular flexibility index (Phi) is 2.96. The molecule has 4 unspecified atom stereocenters. The van der Waals surface area contributed by atoms with Gasteiger partial charge in [-0.25, -0.2) is 0 Å². The zero-order valence-corrected chi connectivity index (χ0v) is 12.2. The summed E-state index contributed by atoms with van der Waals surface area (Å²) >= 11 is 0. The second kappa shape index (κ2) is 4.87. The van der Waals surface area contributed by atoms with Gasteiger partial charge in [0.2, 0.25) is 0 Å². The van der Waals surface area contributed by atoms with E-state index in [1.165, 1.54) is 11.1 Å². The molecule has 2 aliphatic carbocycles. The molecule has 1 aromatic rings. The monoisotopic (exact) mass is 291 g/mol. The molecule has 0 bridgehead atoms. The Bertz CT molecular complexity index is 730. The first-order chi connectivity index (χ1) is 10.8. The van der Waals surface area contributed by atoms with Gasteiger partial charge in [0.25, 0.3) is 0 Å². The number of azide groups is 1. The van der Waals surface area contributed by atoms with Crippen LogP contribution >= 0.6 is 0 Å². The number of nitrogens with zero attached hydrogens (tertiary/aromatic N) is 3. The van der Waals surface area contributed by atoms with Gasteiger partial charge in [0.15, 0.2) is 0 Å². The van der Waals surface area contributed by atoms with Crippen molar-refractivity contribution in [1.82, 2.24) is 0 Å². The Morgan fingerprint density at radius 2 is 2.18 bits per heavy atom. The average Bonchev–Trinajstić information content (AvgIpc) is 2.90. The standard InChI is InChI=1S/C18H17N3O/c1-12(20-21-19)18-11-16(13-7-3-2-4-8-13)22-17(18)14-9-5-6-10-15(14)18/h2-8,10,14,16-17H,1,9,11H2. The van der Waals surface area contributed by atoms with Crippen LogP contribution in [0.4, 0.5) is 0 Å². The van der Waals surface area contributed by atoms with Crippen LogP contribution in [0.15, 0.2) is 71.5 Å². The molecule has 1 saturated carbocycles. The van der Waals surface area contributed by atoms with Crippen LogP contribution in [-0.2, 0) is 4.74 Å². The van der Waals surface area contributed by atoms with Gasteiger partial charge in [0, 0.05) is 21.9 Å². The highest BCUT2D eigenvalue weighted by molar-refractivity contribution is 5.48. The van der Waals surface area contributed by atoms with Crippen molar-refractivity contribution in [2.75, 3.05) is 0 Å². The lowest BCUT2D eigenvalue weighted by molar-refractivity contribution is -0.0431. The predicted octanol–water partition coefficient (Wildman–Crippen LogP) is 4.84. The fourth-order valence-corrected chi connectivity index (χ4v) is 4.24. The van der Waals surface area contributed by atoms with Crippen molar-refractivity contribution in [3.05, 3.63) is 82.4 Å². The van der Waals surface area contributed by atoms with Crippen LogP contribution in [0.1, 0.15) is 24.5 Å². The average molecular weight is 291 g/mol. The zero-order valence-electron chi connectivity index (χ0n) is 12.2. The van der Waals surface area contributed by atoms with E-state index in [0.29, 0.717) is 11.6 Å². The SMILES string of the molecule is C=C(N=[N+]=[N-])C12CC(c3ccccc3)OC1C1CC=CC=C12. The van der Waals surface area contributed by atoms with Crippen molar-refractivity contribution < 1.29 is 4.74 Å². The van der Waals surface area contributed by atoms with Crippen LogP contribution in [0.3, 0.4) is 0 Å². The molecule has 4 heteroatoms. The predicted molar refractivity (Wildman–Crippen MR) is 84.7 cm³/mol. The van der Waals surface area contributed by atoms with Crippen molar-refractivity contribution in [1.29, 1.82) is 0 Å². The van der Waals surface area contributed by atoms with Gasteiger partial charge < -0.3 is 4.74 Å². The number of benzene rings is 1. The van der Waals surface area contributed by atoms with Crippen LogP contribution in [0.25, 0.3) is 10.4 Å². The molecule has 0 spiro atoms. The lowest BCUT2D eigenvalue weighted by atomic mass is 9.51. The first kappa shape index (κ1) is 13.4. The van der Waals surface area contributed by atoms with Crippen molar-refractivity contribution in [2.45, 2.75) is 25.0 Å². The quantitative estimate of drug-likeness (QED) is 0.446. The lowest BCUT2D eigenvalue weighted by Crippen LogP contribution is -2.53. The van der Waals surface area contributed by atoms with Crippen molar-refractivity contribution >= 4 is 0 Å². The van der Waals surface area contributed by atoms with Crippen molar-refractivity contribution in [2.24, 2.45) is 16.4 Å². The second-order valence-corrected chi connectivity index (χ2v) is 6.16. The van der Waals surface area contributed by atoms with Gasteiger partial charge in [-0.2, -0.15) is 0 Å². The molecule has 1 aliphatic heterocycles. The number of allylic oxidation sites excluding steroid dienone is 3. The largest absolute Gasteiger partial charge is 0.368 e. The van der Waals surface area contributed by atoms with Crippen LogP contribution < -0.4 is 0 Å². The molecule has 4 atom stereocenters. The number of fused-ring (bicyclic) bond motifs is 4. The molecule has 0 aromatic heterocycles. The van der Waals surface area contributed by atoms with Gasteiger partial charge in [0.1, 0.15) is 0 Å². The minimum Gasteiger partial charge on any atom is -0.368 e. The van der Waals surface area contributed by atoms with Gasteiger partial charge in [-0.05, 0) is 23.9 Å². The molecular formula is C18H17N3O. The summed E-state index contributed by atoms with van der Waals surface area (Å²) in [5, 5.41) is 3.84. The third-order valence-corrected chi connectivity index (χ3v) is 5.24. The molecule has 1 saturated heterocycles. The lowest BCUT2D eigenvalue weighted by Gasteiger charge is -2.53. The van der Waals surface area contributed by atoms with E-state index in [1.54, 1.807) is 0 Å². The first-order valence-corrected chi connectivity index (χ1v) is 7.59. The molecule has 0 amide bonds. The molecular weight excluding hydrogens is 274 g/mol. The highest BCUT2D eigenvalue weighted by Crippen LogP contribution is 2.67. The molecule has 22 heavy (non-hydrogen) atoms. The molecule has 0 N–H and O–H groups in total. The maximum absolute atomic E-state index is 8.82. The molecule has 4 rings (SSSR count). The van der Waals surface area contributed by atoms with E-state index in [0.717, 1.165) is 12.8 Å². The van der Waals surface area contributed by atoms with E-state index in [9.17, 15) is 0 Å². The van der Waals surface area contributed by atoms with E-state index in [1.807, 2.05) is 18.2 Å². The highest BCUT2D eigenvalue weighted by atomic mass is 16.5. The van der Waals surface area contributed by atoms with Gasteiger partial charge >= 0.3 is 0 Å². The topological polar surface area (TPSA) is 58.0 Å². The molecule has 2 fully saturated rings. The molecule has 0 radical (unpaired) electrons. The summed E-state index contributed by atoms with van der Waals surface area (Å²) < 4.78 is 6.37. The van der Waals surface area contributed by atoms with Crippen molar-refractivity contribution in [3.8, 4) is 0 Å². The molecule has 1 aromatic carbocycles. The van der Waals surface area contributed by atoms with Gasteiger partial charge in [-0.1, -0.05) is 65.8 Å². The van der Waals surface area contributed by atoms with Crippen LogP contribution in [0, 0.1) is 11.3 Å². The highest BCUT2D eigenvalue weighted by Gasteiger charge is 2.64. The molecule has 3 aliphatic rings. The fraction of sp³-hybridized carbons (Fsp3) is 0.333. The van der Waals surface area contributed by atoms with Crippen molar-refractivity contribution in [3.63, 3.8) is 0 Å². The van der Waals surface area contributed by atoms with Crippen LogP contribution in [0.5, 0.6) is 0 Å². The normalized spacial score (nSPS) is 34.7. The summed E-state index contributed by atoms with van der Waals surface area (Å²) in [7, 11) is 0. The molecule has 4 nitrogen and oxygen atoms in total. The third-order valence-electron chi connectivity index (χ3n) is 5.24. The summed E-state index contributed by atoms with van der Waals surface area (Å²) in [6.45, 7) is 4.05. The summed E-state index contributed by atoms with van der Waals surface area (Å²) in [5.41, 5.74) is 11.6. The molecule has 110 valence electrons. The maximum Gasteiger partial charge on any atom is 0.0842 e. The Labute approximate surface area is 129 Å². The van der Waals surface area contributed by atoms with E-state index in [2.05, 4.69) is 47.0 Å². The summed E-state index contributed by atoms with van der Waals surface area (Å²) in [6.07, 6.45) is 8.30. The minimum atomic E-state index is -0.317. The maximum atomic E-state index is 8.82. The van der Waals surface area contributed by atoms with E-state index in [4.69, 9.17) is 10.3 Å². The van der Waals surface area contributed by atoms with E-state index in [-0.39, 0.29) is 17.6 Å². The number of rotatable bonds is 3. The Morgan fingerprint density at radius 3 is 2.95 bits per heavy atom. The number of ether oxygens (including phenoxy) is 1. The van der Waals surface area contributed by atoms with Gasteiger partial charge in [-0.3, -0.25) is 0 Å². The van der Waals surface area contributed by atoms with Crippen LogP contribution in [0.2, 0.25) is 0 Å². The Balaban J connectivity index is 1.74. The van der Waals surface area contributed by atoms with Gasteiger partial charge in [-0.15, -0.1) is 0 Å². The second-order valence-electron chi connectivity index (χ2n) is 6.16. The smallest absolute Gasteiger partial charge is 0.0842 e. The van der Waals surface area contributed by atoms with E-state index >= 15 is 0 Å². The summed E-state index contributed by atoms with van der Waals surface area (Å²) in [5.74, 6) is 0.393. The zero-order chi connectivity index (χ0) is 15.2. The van der Waals surface area contributed by atoms with Gasteiger partial charge in [0.05, 0.1) is 12.2 Å². The third kappa shape index (κ3) is 1.65. The summed E-state index contributed by atoms with van der Waals surface area (Å²) in [4.78, 5) is 2.95. The number of hydrogen-bond acceptors (Lipinski definition) is 2. The molecule has 1 heterocycles.